The Kier molecular flexibility index (Phi) is 4.30. The molecule has 1 fully saturated rings. The number of methoxy groups -OCH3 is 2. The fraction of sp³-hybridized carbons (Fsp3) is 0.600. The van der Waals surface area contributed by atoms with Crippen LogP contribution in [0.25, 0.3) is 0 Å². The lowest BCUT2D eigenvalue weighted by atomic mass is 9.69. The Morgan fingerprint density at radius 1 is 1.11 bits per heavy atom. The molecule has 2 N–H and O–H groups in total. The van der Waals surface area contributed by atoms with Gasteiger partial charge < -0.3 is 15.2 Å². The highest BCUT2D eigenvalue weighted by Crippen LogP contribution is 2.44. The fourth-order valence-corrected chi connectivity index (χ4v) is 3.09. The Balaban J connectivity index is 2.49. The lowest BCUT2D eigenvalue weighted by Gasteiger charge is -2.37. The second-order valence-corrected chi connectivity index (χ2v) is 5.23. The molecular weight excluding hydrogens is 245 g/mol. The lowest BCUT2D eigenvalue weighted by Crippen LogP contribution is -2.37. The van der Waals surface area contributed by atoms with E-state index < -0.39 is 0 Å². The summed E-state index contributed by atoms with van der Waals surface area (Å²) in [5, 5.41) is 0. The Hall–Kier alpha value is -1.29. The topological polar surface area (TPSA) is 44.5 Å². The molecule has 19 heavy (non-hydrogen) atoms. The van der Waals surface area contributed by atoms with Crippen LogP contribution in [0.3, 0.4) is 0 Å². The molecule has 0 aromatic heterocycles. The summed E-state index contributed by atoms with van der Waals surface area (Å²) in [4.78, 5) is 0. The summed E-state index contributed by atoms with van der Waals surface area (Å²) < 4.78 is 24.4. The van der Waals surface area contributed by atoms with Crippen molar-refractivity contribution in [3.8, 4) is 11.5 Å². The third-order valence-corrected chi connectivity index (χ3v) is 4.25. The molecule has 0 amide bonds. The summed E-state index contributed by atoms with van der Waals surface area (Å²) in [5.41, 5.74) is 6.73. The molecule has 3 nitrogen and oxygen atoms in total. The van der Waals surface area contributed by atoms with Gasteiger partial charge in [0.2, 0.25) is 0 Å². The summed E-state index contributed by atoms with van der Waals surface area (Å²) >= 11 is 0. The van der Waals surface area contributed by atoms with Gasteiger partial charge in [-0.25, -0.2) is 4.39 Å². The molecule has 0 heterocycles. The van der Waals surface area contributed by atoms with Crippen molar-refractivity contribution in [1.82, 2.24) is 0 Å². The van der Waals surface area contributed by atoms with E-state index in [1.807, 2.05) is 0 Å². The minimum atomic E-state index is -0.350. The largest absolute Gasteiger partial charge is 0.496 e. The molecule has 0 radical (unpaired) electrons. The second kappa shape index (κ2) is 5.78. The first-order valence-corrected chi connectivity index (χ1v) is 6.79. The van der Waals surface area contributed by atoms with E-state index in [1.165, 1.54) is 19.6 Å². The van der Waals surface area contributed by atoms with Crippen LogP contribution in [0.5, 0.6) is 11.5 Å². The van der Waals surface area contributed by atoms with Gasteiger partial charge in [-0.05, 0) is 18.9 Å². The molecule has 0 bridgehead atoms. The number of halogens is 1. The molecule has 1 aromatic rings. The van der Waals surface area contributed by atoms with Crippen molar-refractivity contribution >= 4 is 0 Å². The summed E-state index contributed by atoms with van der Waals surface area (Å²) in [6, 6.07) is 3.16. The molecule has 0 unspecified atom stereocenters. The number of ether oxygens (including phenoxy) is 2. The lowest BCUT2D eigenvalue weighted by molar-refractivity contribution is 0.284. The van der Waals surface area contributed by atoms with Gasteiger partial charge in [0, 0.05) is 23.6 Å². The predicted molar refractivity (Wildman–Crippen MR) is 73.3 cm³/mol. The van der Waals surface area contributed by atoms with Gasteiger partial charge in [0.05, 0.1) is 14.2 Å². The molecule has 1 aliphatic carbocycles. The number of benzene rings is 1. The van der Waals surface area contributed by atoms with E-state index in [1.54, 1.807) is 13.2 Å². The van der Waals surface area contributed by atoms with Crippen LogP contribution >= 0.6 is 0 Å². The molecule has 2 rings (SSSR count). The van der Waals surface area contributed by atoms with Crippen molar-refractivity contribution in [2.45, 2.75) is 37.5 Å². The molecule has 0 aliphatic heterocycles. The van der Waals surface area contributed by atoms with Gasteiger partial charge >= 0.3 is 0 Å². The Labute approximate surface area is 113 Å². The molecule has 106 valence electrons. The minimum absolute atomic E-state index is 0.156. The third-order valence-electron chi connectivity index (χ3n) is 4.25. The summed E-state index contributed by atoms with van der Waals surface area (Å²) in [6.45, 7) is 0.523. The summed E-state index contributed by atoms with van der Waals surface area (Å²) in [7, 11) is 3.06. The Bertz CT molecular complexity index is 442. The van der Waals surface area contributed by atoms with Crippen LogP contribution in [0, 0.1) is 5.82 Å². The molecule has 1 saturated carbocycles. The monoisotopic (exact) mass is 267 g/mol. The number of rotatable bonds is 4. The average molecular weight is 267 g/mol. The standard InChI is InChI=1S/C15H22FNO2/c1-18-13-9-14(19-2)12(16)8-11(13)15(10-17)6-4-3-5-7-15/h8-9H,3-7,10,17H2,1-2H3. The van der Waals surface area contributed by atoms with Crippen LogP contribution < -0.4 is 15.2 Å². The van der Waals surface area contributed by atoms with Crippen LogP contribution in [0.2, 0.25) is 0 Å². The Morgan fingerprint density at radius 3 is 2.26 bits per heavy atom. The van der Waals surface area contributed by atoms with Gasteiger partial charge in [-0.2, -0.15) is 0 Å². The van der Waals surface area contributed by atoms with E-state index in [-0.39, 0.29) is 17.0 Å². The van der Waals surface area contributed by atoms with Crippen LogP contribution in [0.4, 0.5) is 4.39 Å². The van der Waals surface area contributed by atoms with Gasteiger partial charge in [-0.3, -0.25) is 0 Å². The van der Waals surface area contributed by atoms with E-state index in [9.17, 15) is 4.39 Å². The van der Waals surface area contributed by atoms with E-state index in [2.05, 4.69) is 0 Å². The van der Waals surface area contributed by atoms with Gasteiger partial charge in [0.1, 0.15) is 5.75 Å². The Morgan fingerprint density at radius 2 is 1.74 bits per heavy atom. The maximum absolute atomic E-state index is 14.0. The zero-order valence-corrected chi connectivity index (χ0v) is 11.7. The van der Waals surface area contributed by atoms with Crippen molar-refractivity contribution in [1.29, 1.82) is 0 Å². The molecule has 0 spiro atoms. The van der Waals surface area contributed by atoms with Gasteiger partial charge in [-0.15, -0.1) is 0 Å². The average Bonchev–Trinajstić information content (AvgIpc) is 2.47. The van der Waals surface area contributed by atoms with Crippen LogP contribution in [-0.4, -0.2) is 20.8 Å². The first kappa shape index (κ1) is 14.1. The summed E-state index contributed by atoms with van der Waals surface area (Å²) in [6.07, 6.45) is 5.47. The van der Waals surface area contributed by atoms with Crippen LogP contribution in [-0.2, 0) is 5.41 Å². The highest BCUT2D eigenvalue weighted by atomic mass is 19.1. The van der Waals surface area contributed by atoms with Crippen molar-refractivity contribution in [3.63, 3.8) is 0 Å². The molecule has 0 saturated heterocycles. The first-order chi connectivity index (χ1) is 9.16. The molecule has 4 heteroatoms. The van der Waals surface area contributed by atoms with Crippen molar-refractivity contribution < 1.29 is 13.9 Å². The highest BCUT2D eigenvalue weighted by Gasteiger charge is 2.35. The molecule has 0 atom stereocenters. The molecular formula is C15H22FNO2. The second-order valence-electron chi connectivity index (χ2n) is 5.23. The maximum atomic E-state index is 14.0. The highest BCUT2D eigenvalue weighted by molar-refractivity contribution is 5.46. The van der Waals surface area contributed by atoms with Gasteiger partial charge in [-0.1, -0.05) is 19.3 Å². The van der Waals surface area contributed by atoms with Crippen LogP contribution in [0.1, 0.15) is 37.7 Å². The predicted octanol–water partition coefficient (Wildman–Crippen LogP) is 3.00. The zero-order valence-electron chi connectivity index (χ0n) is 11.7. The third kappa shape index (κ3) is 2.54. The fourth-order valence-electron chi connectivity index (χ4n) is 3.09. The number of hydrogen-bond donors (Lipinski definition) is 1. The summed E-state index contributed by atoms with van der Waals surface area (Å²) in [5.74, 6) is 0.533. The minimum Gasteiger partial charge on any atom is -0.496 e. The van der Waals surface area contributed by atoms with E-state index >= 15 is 0 Å². The number of hydrogen-bond acceptors (Lipinski definition) is 3. The van der Waals surface area contributed by atoms with Crippen molar-refractivity contribution in [2.75, 3.05) is 20.8 Å². The van der Waals surface area contributed by atoms with E-state index in [4.69, 9.17) is 15.2 Å². The zero-order chi connectivity index (χ0) is 13.9. The van der Waals surface area contributed by atoms with Gasteiger partial charge in [0.15, 0.2) is 11.6 Å². The normalized spacial score (nSPS) is 18.1. The van der Waals surface area contributed by atoms with Crippen molar-refractivity contribution in [3.05, 3.63) is 23.5 Å². The number of nitrogens with two attached hydrogens (primary N) is 1. The molecule has 1 aromatic carbocycles. The van der Waals surface area contributed by atoms with Crippen molar-refractivity contribution in [2.24, 2.45) is 5.73 Å². The smallest absolute Gasteiger partial charge is 0.165 e. The first-order valence-electron chi connectivity index (χ1n) is 6.79. The quantitative estimate of drug-likeness (QED) is 0.912. The SMILES string of the molecule is COc1cc(OC)c(C2(CN)CCCCC2)cc1F. The van der Waals surface area contributed by atoms with E-state index in [0.29, 0.717) is 12.3 Å². The van der Waals surface area contributed by atoms with Crippen LogP contribution in [0.15, 0.2) is 12.1 Å². The maximum Gasteiger partial charge on any atom is 0.165 e. The molecule has 1 aliphatic rings. The van der Waals surface area contributed by atoms with E-state index in [0.717, 1.165) is 31.2 Å². The van der Waals surface area contributed by atoms with Gasteiger partial charge in [0.25, 0.3) is 0 Å².